The molecule has 0 aromatic carbocycles. The molecule has 116 valence electrons. The Morgan fingerprint density at radius 1 is 1.14 bits per heavy atom. The molecule has 6 nitrogen and oxygen atoms in total. The highest BCUT2D eigenvalue weighted by molar-refractivity contribution is 5.23. The number of rotatable bonds is 4. The maximum atomic E-state index is 5.36. The molecule has 6 heteroatoms. The van der Waals surface area contributed by atoms with Gasteiger partial charge in [-0.2, -0.15) is 4.98 Å². The predicted octanol–water partition coefficient (Wildman–Crippen LogP) is 2.12. The maximum absolute atomic E-state index is 5.36. The van der Waals surface area contributed by atoms with Gasteiger partial charge in [-0.05, 0) is 25.7 Å². The van der Waals surface area contributed by atoms with Gasteiger partial charge in [-0.1, -0.05) is 5.16 Å². The lowest BCUT2D eigenvalue weighted by atomic mass is 10.1. The normalized spacial score (nSPS) is 22.0. The SMILES string of the molecule is Cn1c(C2CC2)nc2c1CCN(Cc1noc(C3CC3)n1)C2. The van der Waals surface area contributed by atoms with Crippen molar-refractivity contribution in [2.24, 2.45) is 7.05 Å². The van der Waals surface area contributed by atoms with Gasteiger partial charge in [0, 0.05) is 44.1 Å². The highest BCUT2D eigenvalue weighted by atomic mass is 16.5. The smallest absolute Gasteiger partial charge is 0.229 e. The lowest BCUT2D eigenvalue weighted by Crippen LogP contribution is -2.31. The molecule has 3 aliphatic rings. The van der Waals surface area contributed by atoms with Crippen molar-refractivity contribution in [1.82, 2.24) is 24.6 Å². The van der Waals surface area contributed by atoms with Crippen LogP contribution in [-0.4, -0.2) is 31.1 Å². The number of imidazole rings is 1. The molecular weight excluding hydrogens is 278 g/mol. The lowest BCUT2D eigenvalue weighted by Gasteiger charge is -2.25. The van der Waals surface area contributed by atoms with Gasteiger partial charge in [-0.3, -0.25) is 4.90 Å². The maximum Gasteiger partial charge on any atom is 0.229 e. The first-order valence-electron chi connectivity index (χ1n) is 8.37. The Bertz CT molecular complexity index is 710. The molecule has 1 aliphatic heterocycles. The molecule has 22 heavy (non-hydrogen) atoms. The Hall–Kier alpha value is -1.69. The van der Waals surface area contributed by atoms with Crippen LogP contribution in [0.2, 0.25) is 0 Å². The summed E-state index contributed by atoms with van der Waals surface area (Å²) in [5.41, 5.74) is 2.67. The minimum Gasteiger partial charge on any atom is -0.339 e. The molecule has 0 unspecified atom stereocenters. The first-order chi connectivity index (χ1) is 10.8. The summed E-state index contributed by atoms with van der Waals surface area (Å²) in [6.07, 6.45) is 6.08. The number of nitrogens with zero attached hydrogens (tertiary/aromatic N) is 5. The van der Waals surface area contributed by atoms with Crippen molar-refractivity contribution in [3.05, 3.63) is 28.9 Å². The summed E-state index contributed by atoms with van der Waals surface area (Å²) in [4.78, 5) is 11.8. The van der Waals surface area contributed by atoms with E-state index in [4.69, 9.17) is 9.51 Å². The molecule has 0 spiro atoms. The average Bonchev–Trinajstić information content (AvgIpc) is 3.44. The Labute approximate surface area is 129 Å². The van der Waals surface area contributed by atoms with E-state index in [1.165, 1.54) is 42.9 Å². The minimum atomic E-state index is 0.533. The predicted molar refractivity (Wildman–Crippen MR) is 79.3 cm³/mol. The van der Waals surface area contributed by atoms with Crippen molar-refractivity contribution in [2.45, 2.75) is 57.0 Å². The summed E-state index contributed by atoms with van der Waals surface area (Å²) in [5.74, 6) is 4.20. The Morgan fingerprint density at radius 3 is 2.73 bits per heavy atom. The average molecular weight is 299 g/mol. The largest absolute Gasteiger partial charge is 0.339 e. The van der Waals surface area contributed by atoms with E-state index in [1.807, 2.05) is 0 Å². The summed E-state index contributed by atoms with van der Waals surface area (Å²) in [6.45, 7) is 2.72. The third-order valence-corrected chi connectivity index (χ3v) is 5.09. The molecule has 2 aliphatic carbocycles. The van der Waals surface area contributed by atoms with Crippen LogP contribution in [0.25, 0.3) is 0 Å². The van der Waals surface area contributed by atoms with E-state index in [1.54, 1.807) is 0 Å². The van der Waals surface area contributed by atoms with Crippen LogP contribution < -0.4 is 0 Å². The van der Waals surface area contributed by atoms with Crippen molar-refractivity contribution in [3.8, 4) is 0 Å². The molecule has 0 amide bonds. The monoisotopic (exact) mass is 299 g/mol. The zero-order valence-electron chi connectivity index (χ0n) is 13.0. The second-order valence-electron chi connectivity index (χ2n) is 6.98. The second-order valence-corrected chi connectivity index (χ2v) is 6.98. The van der Waals surface area contributed by atoms with Crippen molar-refractivity contribution in [2.75, 3.05) is 6.54 Å². The van der Waals surface area contributed by atoms with Crippen molar-refractivity contribution < 1.29 is 4.52 Å². The van der Waals surface area contributed by atoms with E-state index < -0.39 is 0 Å². The van der Waals surface area contributed by atoms with Crippen LogP contribution in [0.1, 0.15) is 66.4 Å². The molecule has 0 radical (unpaired) electrons. The molecule has 5 rings (SSSR count). The molecule has 0 saturated heterocycles. The number of hydrogen-bond acceptors (Lipinski definition) is 5. The van der Waals surface area contributed by atoms with Gasteiger partial charge in [0.25, 0.3) is 0 Å². The van der Waals surface area contributed by atoms with Crippen LogP contribution in [0.15, 0.2) is 4.52 Å². The Morgan fingerprint density at radius 2 is 1.95 bits per heavy atom. The quantitative estimate of drug-likeness (QED) is 0.865. The molecule has 2 saturated carbocycles. The number of aromatic nitrogens is 4. The highest BCUT2D eigenvalue weighted by Gasteiger charge is 2.32. The van der Waals surface area contributed by atoms with Crippen molar-refractivity contribution in [3.63, 3.8) is 0 Å². The first kappa shape index (κ1) is 12.8. The number of hydrogen-bond donors (Lipinski definition) is 0. The van der Waals surface area contributed by atoms with Crippen LogP contribution in [-0.2, 0) is 26.6 Å². The van der Waals surface area contributed by atoms with Gasteiger partial charge in [0.1, 0.15) is 5.82 Å². The van der Waals surface area contributed by atoms with Gasteiger partial charge in [0.2, 0.25) is 5.89 Å². The van der Waals surface area contributed by atoms with E-state index in [0.29, 0.717) is 11.8 Å². The van der Waals surface area contributed by atoms with Gasteiger partial charge < -0.3 is 9.09 Å². The standard InChI is InChI=1S/C16H21N5O/c1-20-13-6-7-21(8-12(13)17-15(20)10-2-3-10)9-14-18-16(22-19-14)11-4-5-11/h10-11H,2-9H2,1H3. The molecule has 0 N–H and O–H groups in total. The fraction of sp³-hybridized carbons (Fsp3) is 0.688. The van der Waals surface area contributed by atoms with E-state index in [-0.39, 0.29) is 0 Å². The summed E-state index contributed by atoms with van der Waals surface area (Å²) in [7, 11) is 2.18. The molecule has 2 fully saturated rings. The molecule has 2 aromatic rings. The Balaban J connectivity index is 1.32. The third-order valence-electron chi connectivity index (χ3n) is 5.09. The zero-order valence-corrected chi connectivity index (χ0v) is 13.0. The van der Waals surface area contributed by atoms with Crippen LogP contribution >= 0.6 is 0 Å². The Kier molecular flexibility index (Phi) is 2.71. The van der Waals surface area contributed by atoms with E-state index in [0.717, 1.165) is 37.8 Å². The summed E-state index contributed by atoms with van der Waals surface area (Å²) in [6, 6.07) is 0. The molecular formula is C16H21N5O. The van der Waals surface area contributed by atoms with Crippen LogP contribution in [0, 0.1) is 0 Å². The second kappa shape index (κ2) is 4.65. The van der Waals surface area contributed by atoms with Crippen molar-refractivity contribution in [1.29, 1.82) is 0 Å². The van der Waals surface area contributed by atoms with Crippen LogP contribution in [0.3, 0.4) is 0 Å². The molecule has 3 heterocycles. The molecule has 0 atom stereocenters. The number of fused-ring (bicyclic) bond motifs is 1. The van der Waals surface area contributed by atoms with Gasteiger partial charge >= 0.3 is 0 Å². The van der Waals surface area contributed by atoms with E-state index in [2.05, 4.69) is 26.7 Å². The fourth-order valence-corrected chi connectivity index (χ4v) is 3.47. The molecule has 2 aromatic heterocycles. The molecule has 0 bridgehead atoms. The fourth-order valence-electron chi connectivity index (χ4n) is 3.47. The third kappa shape index (κ3) is 2.17. The topological polar surface area (TPSA) is 60.0 Å². The van der Waals surface area contributed by atoms with E-state index in [9.17, 15) is 0 Å². The van der Waals surface area contributed by atoms with E-state index >= 15 is 0 Å². The van der Waals surface area contributed by atoms with Gasteiger partial charge in [0.15, 0.2) is 5.82 Å². The van der Waals surface area contributed by atoms with Crippen molar-refractivity contribution >= 4 is 0 Å². The summed E-state index contributed by atoms with van der Waals surface area (Å²) in [5, 5.41) is 4.14. The first-order valence-corrected chi connectivity index (χ1v) is 8.37. The highest BCUT2D eigenvalue weighted by Crippen LogP contribution is 2.40. The minimum absolute atomic E-state index is 0.533. The summed E-state index contributed by atoms with van der Waals surface area (Å²) >= 11 is 0. The zero-order chi connectivity index (χ0) is 14.7. The van der Waals surface area contributed by atoms with Crippen LogP contribution in [0.5, 0.6) is 0 Å². The van der Waals surface area contributed by atoms with Gasteiger partial charge in [0.05, 0.1) is 12.2 Å². The van der Waals surface area contributed by atoms with Gasteiger partial charge in [-0.15, -0.1) is 0 Å². The summed E-state index contributed by atoms with van der Waals surface area (Å²) < 4.78 is 7.69. The van der Waals surface area contributed by atoms with Crippen LogP contribution in [0.4, 0.5) is 0 Å². The van der Waals surface area contributed by atoms with Gasteiger partial charge in [-0.25, -0.2) is 4.98 Å². The lowest BCUT2D eigenvalue weighted by molar-refractivity contribution is 0.230.